The molecule has 0 aromatic carbocycles. The third-order valence-corrected chi connectivity index (χ3v) is 0.357. The Hall–Kier alpha value is 0.419. The second kappa shape index (κ2) is 6.88. The van der Waals surface area contributed by atoms with Gasteiger partial charge in [-0.05, 0) is 0 Å². The van der Waals surface area contributed by atoms with Crippen LogP contribution >= 0.6 is 0 Å². The fraction of sp³-hybridized carbons (Fsp3) is 0. The summed E-state index contributed by atoms with van der Waals surface area (Å²) in [5, 5.41) is 7.15. The summed E-state index contributed by atoms with van der Waals surface area (Å²) in [6, 6.07) is 0. The molecule has 0 saturated heterocycles. The van der Waals surface area contributed by atoms with Gasteiger partial charge < -0.3 is 23.5 Å². The smallest absolute Gasteiger partial charge is 0.792 e. The first kappa shape index (κ1) is 18.3. The summed E-state index contributed by atoms with van der Waals surface area (Å²) in [4.78, 5) is 24.2. The Bertz CT molecular complexity index is 167. The zero-order chi connectivity index (χ0) is 9.71. The molecule has 70 valence electrons. The van der Waals surface area contributed by atoms with Gasteiger partial charge in [-0.2, -0.15) is 0 Å². The first-order valence-corrected chi connectivity index (χ1v) is 4.75. The summed E-state index contributed by atoms with van der Waals surface area (Å²) in [6.45, 7) is 0. The molecule has 0 aromatic heterocycles. The normalized spacial score (nSPS) is 10.8. The molecular weight excluding hydrogens is 231 g/mol. The van der Waals surface area contributed by atoms with Gasteiger partial charge in [0.2, 0.25) is 0 Å². The molecule has 0 aromatic rings. The van der Waals surface area contributed by atoms with Gasteiger partial charge in [-0.15, -0.1) is 0 Å². The number of hydrogen-bond acceptors (Lipinski definition) is 9. The third kappa shape index (κ3) is 79.1. The predicted octanol–water partition coefficient (Wildman–Crippen LogP) is -4.46. The van der Waals surface area contributed by atoms with Crippen molar-refractivity contribution >= 4 is 36.8 Å². The molecule has 0 bridgehead atoms. The fourth-order valence-corrected chi connectivity index (χ4v) is 0. The maximum Gasteiger partial charge on any atom is 3.00 e. The van der Waals surface area contributed by atoms with Crippen molar-refractivity contribution in [3.05, 3.63) is 0 Å². The van der Waals surface area contributed by atoms with Crippen LogP contribution in [0.25, 0.3) is 0 Å². The molecule has 0 heterocycles. The van der Waals surface area contributed by atoms with E-state index >= 15 is 0 Å². The Morgan fingerprint density at radius 1 is 1.25 bits per heavy atom. The van der Waals surface area contributed by atoms with Crippen LogP contribution in [0.1, 0.15) is 0 Å². The molecule has 0 aliphatic carbocycles. The van der Waals surface area contributed by atoms with Gasteiger partial charge in [0, 0.05) is 10.4 Å². The Kier molecular flexibility index (Phi) is 10.5. The van der Waals surface area contributed by atoms with Gasteiger partial charge in [-0.1, -0.05) is 0 Å². The number of hydrogen-bond donors (Lipinski definition) is 3. The summed E-state index contributed by atoms with van der Waals surface area (Å²) >= 11 is 0. The van der Waals surface area contributed by atoms with E-state index in [4.69, 9.17) is 32.4 Å². The molecule has 12 heavy (non-hydrogen) atoms. The summed E-state index contributed by atoms with van der Waals surface area (Å²) in [5.41, 5.74) is 0. The molecule has 0 saturated carbocycles. The summed E-state index contributed by atoms with van der Waals surface area (Å²) in [7, 11) is -9.99. The standard InChI is InChI=1S/Al.H3O5Si.H2O4S/c;1-5-6(2,3)4;1-5(2,3)4/h;1-3H;(H2,1,2,3,4)/q+3;-1;/p-2. The van der Waals surface area contributed by atoms with Gasteiger partial charge >= 0.3 is 26.4 Å². The topological polar surface area (TPSA) is 173 Å². The van der Waals surface area contributed by atoms with E-state index in [1.807, 2.05) is 0 Å². The van der Waals surface area contributed by atoms with Crippen LogP contribution < -0.4 is 4.80 Å². The second-order valence-electron chi connectivity index (χ2n) is 1.05. The van der Waals surface area contributed by atoms with E-state index in [-0.39, 0.29) is 17.4 Å². The average Bonchev–Trinajstić information content (AvgIpc) is 1.59. The Morgan fingerprint density at radius 2 is 1.33 bits per heavy atom. The van der Waals surface area contributed by atoms with E-state index in [2.05, 4.69) is 4.58 Å². The fourth-order valence-electron chi connectivity index (χ4n) is 0. The quantitative estimate of drug-likeness (QED) is 0.133. The van der Waals surface area contributed by atoms with Crippen LogP contribution in [0, 0.1) is 0 Å². The average molecular weight is 234 g/mol. The van der Waals surface area contributed by atoms with E-state index in [0.29, 0.717) is 0 Å². The maximum atomic E-state index is 9.25. The zero-order valence-corrected chi connectivity index (χ0v) is 8.25. The van der Waals surface area contributed by atoms with Crippen LogP contribution in [-0.2, 0) is 15.0 Å². The van der Waals surface area contributed by atoms with Crippen LogP contribution in [0.2, 0.25) is 0 Å². The molecular formula is H3AlO9SSi. The van der Waals surface area contributed by atoms with Crippen molar-refractivity contribution in [2.45, 2.75) is 0 Å². The van der Waals surface area contributed by atoms with Gasteiger partial charge in [0.15, 0.2) is 0 Å². The molecule has 9 nitrogen and oxygen atoms in total. The minimum atomic E-state index is -5.17. The summed E-state index contributed by atoms with van der Waals surface area (Å²) < 4.78 is 36.7. The van der Waals surface area contributed by atoms with Crippen molar-refractivity contribution in [1.29, 1.82) is 0 Å². The van der Waals surface area contributed by atoms with Crippen molar-refractivity contribution in [2.24, 2.45) is 0 Å². The second-order valence-corrected chi connectivity index (χ2v) is 3.14. The van der Waals surface area contributed by atoms with Crippen LogP contribution in [-0.4, -0.2) is 58.8 Å². The molecule has 0 radical (unpaired) electrons. The summed E-state index contributed by atoms with van der Waals surface area (Å²) in [5.74, 6) is 0. The molecule has 0 fully saturated rings. The molecule has 0 spiro atoms. The first-order chi connectivity index (χ1) is 4.56. The summed E-state index contributed by atoms with van der Waals surface area (Å²) in [6.07, 6.45) is 0. The Morgan fingerprint density at radius 3 is 1.33 bits per heavy atom. The van der Waals surface area contributed by atoms with Gasteiger partial charge in [0.1, 0.15) is 0 Å². The van der Waals surface area contributed by atoms with E-state index in [1.165, 1.54) is 0 Å². The van der Waals surface area contributed by atoms with Gasteiger partial charge in [-0.3, -0.25) is 13.7 Å². The Balaban J connectivity index is -0.000000126. The van der Waals surface area contributed by atoms with E-state index in [1.54, 1.807) is 0 Å². The zero-order valence-electron chi connectivity index (χ0n) is 5.28. The minimum absolute atomic E-state index is 0. The molecule has 0 amide bonds. The van der Waals surface area contributed by atoms with Crippen molar-refractivity contribution in [2.75, 3.05) is 0 Å². The van der Waals surface area contributed by atoms with Crippen LogP contribution in [0.15, 0.2) is 0 Å². The molecule has 12 heteroatoms. The monoisotopic (exact) mass is 234 g/mol. The number of rotatable bonds is 1. The van der Waals surface area contributed by atoms with Crippen LogP contribution in [0.5, 0.6) is 0 Å². The van der Waals surface area contributed by atoms with Crippen LogP contribution in [0.4, 0.5) is 0 Å². The van der Waals surface area contributed by atoms with Crippen LogP contribution in [0.3, 0.4) is 0 Å². The van der Waals surface area contributed by atoms with E-state index < -0.39 is 19.4 Å². The molecule has 0 atom stereocenters. The molecule has 0 aliphatic heterocycles. The predicted molar refractivity (Wildman–Crippen MR) is 30.1 cm³/mol. The minimum Gasteiger partial charge on any atom is -0.792 e. The van der Waals surface area contributed by atoms with Gasteiger partial charge in [0.05, 0.1) is 0 Å². The van der Waals surface area contributed by atoms with Gasteiger partial charge in [-0.25, -0.2) is 4.58 Å². The van der Waals surface area contributed by atoms with Crippen molar-refractivity contribution in [3.8, 4) is 0 Å². The molecule has 0 rings (SSSR count). The molecule has 3 N–H and O–H groups in total. The Labute approximate surface area is 79.0 Å². The first-order valence-electron chi connectivity index (χ1n) is 1.70. The third-order valence-electron chi connectivity index (χ3n) is 0.119. The van der Waals surface area contributed by atoms with Gasteiger partial charge in [0.25, 0.3) is 0 Å². The van der Waals surface area contributed by atoms with Crippen molar-refractivity contribution < 1.29 is 41.7 Å². The largest absolute Gasteiger partial charge is 3.00 e. The SMILES string of the molecule is O=S(=O)([O-])[O-].[Al+3].[O-][Si](O)(O)OO. The molecule has 0 unspecified atom stereocenters. The maximum absolute atomic E-state index is 9.25. The van der Waals surface area contributed by atoms with E-state index in [0.717, 1.165) is 0 Å². The van der Waals surface area contributed by atoms with E-state index in [9.17, 15) is 4.80 Å². The van der Waals surface area contributed by atoms with Crippen molar-refractivity contribution in [3.63, 3.8) is 0 Å². The molecule has 0 aliphatic rings. The van der Waals surface area contributed by atoms with Crippen molar-refractivity contribution in [1.82, 2.24) is 0 Å².